The number of hydrogen-bond acceptors (Lipinski definition) is 1. The highest BCUT2D eigenvalue weighted by Gasteiger charge is 1.97. The summed E-state index contributed by atoms with van der Waals surface area (Å²) in [6.07, 6.45) is 0. The van der Waals surface area contributed by atoms with E-state index in [1.165, 1.54) is 0 Å². The fourth-order valence-electron chi connectivity index (χ4n) is 0.695. The van der Waals surface area contributed by atoms with E-state index in [0.717, 1.165) is 5.56 Å². The molecule has 2 nitrogen and oxygen atoms in total. The summed E-state index contributed by atoms with van der Waals surface area (Å²) in [5.74, 6) is 0.429. The Kier molecular flexibility index (Phi) is 3.05. The second kappa shape index (κ2) is 3.85. The zero-order valence-electron chi connectivity index (χ0n) is 5.66. The predicted octanol–water partition coefficient (Wildman–Crippen LogP) is 2.01. The number of rotatable bonds is 2. The summed E-state index contributed by atoms with van der Waals surface area (Å²) in [5.41, 5.74) is 0.945. The van der Waals surface area contributed by atoms with E-state index in [2.05, 4.69) is 0 Å². The van der Waals surface area contributed by atoms with Gasteiger partial charge in [-0.1, -0.05) is 12.1 Å². The average Bonchev–Trinajstić information content (AvgIpc) is 2.05. The summed E-state index contributed by atoms with van der Waals surface area (Å²) in [7, 11) is 0. The number of halogens is 1. The van der Waals surface area contributed by atoms with Gasteiger partial charge in [0.05, 0.1) is 4.90 Å². The minimum absolute atomic E-state index is 0.402. The Labute approximate surface area is 72.5 Å². The first kappa shape index (κ1) is 8.71. The Morgan fingerprint density at radius 1 is 1.36 bits per heavy atom. The molecule has 0 radical (unpaired) electrons. The molecule has 0 aliphatic heterocycles. The molecule has 1 rings (SSSR count). The lowest BCUT2D eigenvalue weighted by Crippen LogP contribution is -1.87. The second-order valence-corrected chi connectivity index (χ2v) is 3.26. The number of benzene rings is 1. The Hall–Kier alpha value is -0.380. The summed E-state index contributed by atoms with van der Waals surface area (Å²) in [5, 5.41) is 0. The molecule has 1 aromatic carbocycles. The standard InChI is InChI=1S/C7H7ClO2S/c8-5-6-1-3-7(4-2-6)11(9)10/h1-4H,5H2,(H,9,10). The van der Waals surface area contributed by atoms with E-state index < -0.39 is 11.1 Å². The van der Waals surface area contributed by atoms with Crippen LogP contribution < -0.4 is 0 Å². The van der Waals surface area contributed by atoms with Gasteiger partial charge in [-0.25, -0.2) is 4.21 Å². The van der Waals surface area contributed by atoms with Crippen LogP contribution in [0, 0.1) is 0 Å². The maximum Gasteiger partial charge on any atom is 0.186 e. The van der Waals surface area contributed by atoms with Crippen LogP contribution in [0.1, 0.15) is 5.56 Å². The van der Waals surface area contributed by atoms with Crippen molar-refractivity contribution in [1.82, 2.24) is 0 Å². The van der Waals surface area contributed by atoms with Crippen LogP contribution in [0.2, 0.25) is 0 Å². The number of hydrogen-bond donors (Lipinski definition) is 1. The van der Waals surface area contributed by atoms with Gasteiger partial charge in [0.25, 0.3) is 0 Å². The van der Waals surface area contributed by atoms with Gasteiger partial charge in [0.1, 0.15) is 0 Å². The second-order valence-electron chi connectivity index (χ2n) is 2.03. The molecule has 60 valence electrons. The van der Waals surface area contributed by atoms with Crippen molar-refractivity contribution in [1.29, 1.82) is 0 Å². The quantitative estimate of drug-likeness (QED) is 0.572. The van der Waals surface area contributed by atoms with Crippen molar-refractivity contribution in [3.8, 4) is 0 Å². The van der Waals surface area contributed by atoms with Crippen molar-refractivity contribution in [2.24, 2.45) is 0 Å². The largest absolute Gasteiger partial charge is 0.302 e. The van der Waals surface area contributed by atoms with E-state index >= 15 is 0 Å². The molecule has 0 aliphatic carbocycles. The Morgan fingerprint density at radius 2 is 1.91 bits per heavy atom. The Balaban J connectivity index is 2.91. The van der Waals surface area contributed by atoms with Gasteiger partial charge in [-0.3, -0.25) is 0 Å². The van der Waals surface area contributed by atoms with Gasteiger partial charge in [0.15, 0.2) is 11.1 Å². The van der Waals surface area contributed by atoms with Crippen LogP contribution in [-0.2, 0) is 17.0 Å². The molecular formula is C7H7ClO2S. The first-order valence-electron chi connectivity index (χ1n) is 3.00. The molecule has 0 heterocycles. The highest BCUT2D eigenvalue weighted by molar-refractivity contribution is 7.79. The maximum absolute atomic E-state index is 10.5. The van der Waals surface area contributed by atoms with Gasteiger partial charge >= 0.3 is 0 Å². The molecule has 0 amide bonds. The topological polar surface area (TPSA) is 37.3 Å². The zero-order chi connectivity index (χ0) is 8.27. The van der Waals surface area contributed by atoms with Crippen LogP contribution in [0.25, 0.3) is 0 Å². The fourth-order valence-corrected chi connectivity index (χ4v) is 1.24. The van der Waals surface area contributed by atoms with Crippen LogP contribution in [0.15, 0.2) is 29.2 Å². The third-order valence-electron chi connectivity index (χ3n) is 1.28. The van der Waals surface area contributed by atoms with Crippen LogP contribution in [-0.4, -0.2) is 8.76 Å². The van der Waals surface area contributed by atoms with E-state index in [1.807, 2.05) is 0 Å². The monoisotopic (exact) mass is 190 g/mol. The maximum atomic E-state index is 10.5. The third-order valence-corrected chi connectivity index (χ3v) is 2.26. The van der Waals surface area contributed by atoms with Gasteiger partial charge in [0.2, 0.25) is 0 Å². The van der Waals surface area contributed by atoms with Gasteiger partial charge in [0, 0.05) is 5.88 Å². The van der Waals surface area contributed by atoms with E-state index in [1.54, 1.807) is 24.3 Å². The molecule has 0 fully saturated rings. The van der Waals surface area contributed by atoms with Crippen molar-refractivity contribution >= 4 is 22.7 Å². The van der Waals surface area contributed by atoms with Crippen molar-refractivity contribution in [3.63, 3.8) is 0 Å². The van der Waals surface area contributed by atoms with Crippen molar-refractivity contribution in [2.75, 3.05) is 0 Å². The van der Waals surface area contributed by atoms with E-state index in [4.69, 9.17) is 16.2 Å². The molecule has 4 heteroatoms. The molecule has 0 saturated heterocycles. The molecule has 0 bridgehead atoms. The number of alkyl halides is 1. The fraction of sp³-hybridized carbons (Fsp3) is 0.143. The highest BCUT2D eigenvalue weighted by atomic mass is 35.5. The lowest BCUT2D eigenvalue weighted by atomic mass is 10.2. The van der Waals surface area contributed by atoms with Crippen molar-refractivity contribution in [2.45, 2.75) is 10.8 Å². The molecule has 1 N–H and O–H groups in total. The van der Waals surface area contributed by atoms with Crippen LogP contribution in [0.3, 0.4) is 0 Å². The predicted molar refractivity (Wildman–Crippen MR) is 45.0 cm³/mol. The molecule has 1 unspecified atom stereocenters. The summed E-state index contributed by atoms with van der Waals surface area (Å²) < 4.78 is 19.1. The lowest BCUT2D eigenvalue weighted by Gasteiger charge is -1.95. The van der Waals surface area contributed by atoms with Crippen LogP contribution >= 0.6 is 11.6 Å². The van der Waals surface area contributed by atoms with Gasteiger partial charge < -0.3 is 4.55 Å². The Morgan fingerprint density at radius 3 is 2.27 bits per heavy atom. The normalized spacial score (nSPS) is 12.9. The molecule has 0 aliphatic rings. The van der Waals surface area contributed by atoms with E-state index in [-0.39, 0.29) is 0 Å². The molecular weight excluding hydrogens is 184 g/mol. The Bertz CT molecular complexity index is 258. The summed E-state index contributed by atoms with van der Waals surface area (Å²) in [6.45, 7) is 0. The molecule has 0 aromatic heterocycles. The van der Waals surface area contributed by atoms with Gasteiger partial charge in [-0.2, -0.15) is 0 Å². The lowest BCUT2D eigenvalue weighted by molar-refractivity contribution is 0.564. The third kappa shape index (κ3) is 2.29. The smallest absolute Gasteiger partial charge is 0.186 e. The molecule has 0 spiro atoms. The molecule has 0 saturated carbocycles. The minimum Gasteiger partial charge on any atom is -0.302 e. The van der Waals surface area contributed by atoms with Gasteiger partial charge in [-0.05, 0) is 17.7 Å². The van der Waals surface area contributed by atoms with E-state index in [0.29, 0.717) is 10.8 Å². The first-order chi connectivity index (χ1) is 5.24. The summed E-state index contributed by atoms with van der Waals surface area (Å²) in [6, 6.07) is 6.65. The molecule has 1 aromatic rings. The SMILES string of the molecule is O=S(O)c1ccc(CCl)cc1. The van der Waals surface area contributed by atoms with Gasteiger partial charge in [-0.15, -0.1) is 11.6 Å². The van der Waals surface area contributed by atoms with Crippen molar-refractivity contribution in [3.05, 3.63) is 29.8 Å². The molecule has 1 atom stereocenters. The molecule has 11 heavy (non-hydrogen) atoms. The minimum atomic E-state index is -1.88. The zero-order valence-corrected chi connectivity index (χ0v) is 7.23. The van der Waals surface area contributed by atoms with E-state index in [9.17, 15) is 4.21 Å². The average molecular weight is 191 g/mol. The summed E-state index contributed by atoms with van der Waals surface area (Å²) in [4.78, 5) is 0.402. The highest BCUT2D eigenvalue weighted by Crippen LogP contribution is 2.08. The van der Waals surface area contributed by atoms with Crippen LogP contribution in [0.5, 0.6) is 0 Å². The summed E-state index contributed by atoms with van der Waals surface area (Å²) >= 11 is 3.64. The van der Waals surface area contributed by atoms with Crippen molar-refractivity contribution < 1.29 is 8.76 Å². The first-order valence-corrected chi connectivity index (χ1v) is 4.64. The van der Waals surface area contributed by atoms with Crippen LogP contribution in [0.4, 0.5) is 0 Å².